The molecule has 1 aromatic heterocycles. The maximum absolute atomic E-state index is 12.3. The van der Waals surface area contributed by atoms with E-state index < -0.39 is 12.4 Å². The van der Waals surface area contributed by atoms with Crippen molar-refractivity contribution in [3.05, 3.63) is 12.3 Å². The van der Waals surface area contributed by atoms with Crippen molar-refractivity contribution < 1.29 is 17.7 Å². The van der Waals surface area contributed by atoms with Crippen LogP contribution in [0.2, 0.25) is 0 Å². The van der Waals surface area contributed by atoms with Crippen molar-refractivity contribution in [3.63, 3.8) is 0 Å². The molecular weight excluding hydrogens is 196 g/mol. The molecule has 14 heavy (non-hydrogen) atoms. The molecule has 76 valence electrons. The van der Waals surface area contributed by atoms with Crippen LogP contribution in [0.3, 0.4) is 0 Å². The first-order valence-corrected chi connectivity index (χ1v) is 4.14. The number of fused-ring (bicyclic) bond motifs is 1. The molecule has 1 aromatic rings. The van der Waals surface area contributed by atoms with E-state index in [0.29, 0.717) is 18.8 Å². The Morgan fingerprint density at radius 3 is 2.93 bits per heavy atom. The number of aromatic nitrogens is 1. The molecule has 1 N–H and O–H groups in total. The average molecular weight is 203 g/mol. The van der Waals surface area contributed by atoms with E-state index in [2.05, 4.69) is 10.3 Å². The minimum absolute atomic E-state index is 0.236. The van der Waals surface area contributed by atoms with E-state index in [0.717, 1.165) is 12.3 Å². The van der Waals surface area contributed by atoms with Gasteiger partial charge in [-0.3, -0.25) is 0 Å². The predicted molar refractivity (Wildman–Crippen MR) is 46.9 cm³/mol. The fourth-order valence-electron chi connectivity index (χ4n) is 1.22. The molecule has 0 amide bonds. The number of ether oxygens (including phenoxy) is 1. The molecule has 2 rings (SSSR count). The van der Waals surface area contributed by atoms with Crippen LogP contribution in [0.15, 0.2) is 12.3 Å². The van der Waals surface area contributed by atoms with E-state index in [1.165, 1.54) is 0 Å². The van der Waals surface area contributed by atoms with Crippen molar-refractivity contribution in [2.75, 3.05) is 18.5 Å². The summed E-state index contributed by atoms with van der Waals surface area (Å²) in [5.41, 5.74) is -0.394. The molecule has 0 saturated heterocycles. The monoisotopic (exact) mass is 203 g/mol. The van der Waals surface area contributed by atoms with Crippen LogP contribution in [0.5, 0.6) is 5.88 Å². The lowest BCUT2D eigenvalue weighted by Crippen LogP contribution is -2.35. The highest BCUT2D eigenvalue weighted by Crippen LogP contribution is 2.23. The van der Waals surface area contributed by atoms with Crippen molar-refractivity contribution in [1.82, 2.24) is 4.98 Å². The van der Waals surface area contributed by atoms with Gasteiger partial charge in [-0.25, -0.2) is 4.98 Å². The molecule has 3 nitrogen and oxygen atoms in total. The first-order valence-electron chi connectivity index (χ1n) is 4.14. The van der Waals surface area contributed by atoms with Crippen LogP contribution in [0.4, 0.5) is 18.6 Å². The van der Waals surface area contributed by atoms with Crippen molar-refractivity contribution >= 4 is 18.1 Å². The highest BCUT2D eigenvalue weighted by Gasteiger charge is 2.27. The number of nitrogens with one attached hydrogen (secondary N) is 1. The van der Waals surface area contributed by atoms with Gasteiger partial charge >= 0.3 is 6.98 Å². The Hall–Kier alpha value is -1.40. The lowest BCUT2D eigenvalue weighted by Gasteiger charge is -2.21. The van der Waals surface area contributed by atoms with Crippen LogP contribution in [-0.2, 0) is 0 Å². The maximum atomic E-state index is 12.3. The smallest absolute Gasteiger partial charge is 0.474 e. The quantitative estimate of drug-likeness (QED) is 0.689. The highest BCUT2D eigenvalue weighted by molar-refractivity contribution is 6.73. The second-order valence-electron chi connectivity index (χ2n) is 2.97. The Morgan fingerprint density at radius 1 is 1.43 bits per heavy atom. The number of hydrogen-bond donors (Lipinski definition) is 1. The van der Waals surface area contributed by atoms with Gasteiger partial charge in [-0.1, -0.05) is 11.5 Å². The molecule has 0 radical (unpaired) electrons. The van der Waals surface area contributed by atoms with E-state index in [-0.39, 0.29) is 5.88 Å². The summed E-state index contributed by atoms with van der Waals surface area (Å²) in [4.78, 5) is 3.60. The zero-order valence-electron chi connectivity index (χ0n) is 7.14. The lowest BCUT2D eigenvalue weighted by atomic mass is 9.81. The minimum atomic E-state index is -4.99. The third kappa shape index (κ3) is 1.62. The molecule has 0 aromatic carbocycles. The van der Waals surface area contributed by atoms with Crippen molar-refractivity contribution in [2.24, 2.45) is 0 Å². The number of pyridine rings is 1. The molecule has 0 saturated carbocycles. The van der Waals surface area contributed by atoms with Gasteiger partial charge < -0.3 is 23.0 Å². The number of anilines is 1. The summed E-state index contributed by atoms with van der Waals surface area (Å²) < 4.78 is 42.0. The van der Waals surface area contributed by atoms with Gasteiger partial charge in [0.1, 0.15) is 6.61 Å². The molecular formula is C7H7BF3N2O-. The Bertz CT molecular complexity index is 355. The zero-order valence-corrected chi connectivity index (χ0v) is 7.14. The van der Waals surface area contributed by atoms with Gasteiger partial charge in [0.2, 0.25) is 5.88 Å². The molecule has 0 atom stereocenters. The molecule has 0 spiro atoms. The van der Waals surface area contributed by atoms with E-state index in [1.807, 2.05) is 0 Å². The van der Waals surface area contributed by atoms with Crippen LogP contribution in [-0.4, -0.2) is 25.1 Å². The molecule has 1 aliphatic heterocycles. The van der Waals surface area contributed by atoms with Gasteiger partial charge in [-0.05, 0) is 0 Å². The summed E-state index contributed by atoms with van der Waals surface area (Å²) in [7, 11) is 0. The summed E-state index contributed by atoms with van der Waals surface area (Å²) in [6.07, 6.45) is 0.797. The molecule has 0 unspecified atom stereocenters. The summed E-state index contributed by atoms with van der Waals surface area (Å²) >= 11 is 0. The standard InChI is InChI=1S/C7H7BF3N2O/c9-8(10,11)5-3-6-7(13-4-5)14-2-1-12-6/h3-4,12H,1-2H2/q-1. The molecule has 7 heteroatoms. The van der Waals surface area contributed by atoms with E-state index >= 15 is 0 Å². The number of nitrogens with zero attached hydrogens (tertiary/aromatic N) is 1. The lowest BCUT2D eigenvalue weighted by molar-refractivity contribution is 0.310. The van der Waals surface area contributed by atoms with Crippen LogP contribution in [0.1, 0.15) is 0 Å². The molecule has 2 heterocycles. The third-order valence-corrected chi connectivity index (χ3v) is 1.91. The van der Waals surface area contributed by atoms with Gasteiger partial charge in [0.05, 0.1) is 5.69 Å². The van der Waals surface area contributed by atoms with Crippen molar-refractivity contribution in [3.8, 4) is 5.88 Å². The average Bonchev–Trinajstić information content (AvgIpc) is 2.16. The topological polar surface area (TPSA) is 34.2 Å². The van der Waals surface area contributed by atoms with Gasteiger partial charge in [0.25, 0.3) is 0 Å². The summed E-state index contributed by atoms with van der Waals surface area (Å²) in [6.45, 7) is -4.06. The van der Waals surface area contributed by atoms with Crippen molar-refractivity contribution in [2.45, 2.75) is 0 Å². The summed E-state index contributed by atoms with van der Waals surface area (Å²) in [5.74, 6) is 0.236. The first kappa shape index (κ1) is 9.17. The number of rotatable bonds is 1. The normalized spacial score (nSPS) is 15.4. The van der Waals surface area contributed by atoms with Crippen LogP contribution in [0.25, 0.3) is 0 Å². The predicted octanol–water partition coefficient (Wildman–Crippen LogP) is 0.940. The third-order valence-electron chi connectivity index (χ3n) is 1.91. The van der Waals surface area contributed by atoms with Gasteiger partial charge in [0, 0.05) is 12.7 Å². The first-order chi connectivity index (χ1) is 6.57. The Labute approximate surface area is 78.3 Å². The SMILES string of the molecule is F[B-](F)(F)c1cnc2c(c1)NCCO2. The minimum Gasteiger partial charge on any atom is -0.474 e. The maximum Gasteiger partial charge on any atom is 0.511 e. The van der Waals surface area contributed by atoms with Gasteiger partial charge in [0.15, 0.2) is 0 Å². The molecule has 0 aliphatic carbocycles. The Morgan fingerprint density at radius 2 is 2.21 bits per heavy atom. The Kier molecular flexibility index (Phi) is 2.01. The molecule has 1 aliphatic rings. The summed E-state index contributed by atoms with van der Waals surface area (Å²) in [6, 6.07) is 1.03. The fourth-order valence-corrected chi connectivity index (χ4v) is 1.22. The largest absolute Gasteiger partial charge is 0.511 e. The fraction of sp³-hybridized carbons (Fsp3) is 0.286. The molecule has 0 bridgehead atoms. The van der Waals surface area contributed by atoms with Crippen molar-refractivity contribution in [1.29, 1.82) is 0 Å². The van der Waals surface area contributed by atoms with E-state index in [1.54, 1.807) is 0 Å². The second kappa shape index (κ2) is 3.07. The zero-order chi connectivity index (χ0) is 10.2. The van der Waals surface area contributed by atoms with E-state index in [4.69, 9.17) is 4.74 Å². The number of halogens is 3. The van der Waals surface area contributed by atoms with Crippen LogP contribution >= 0.6 is 0 Å². The van der Waals surface area contributed by atoms with Crippen LogP contribution in [0, 0.1) is 0 Å². The van der Waals surface area contributed by atoms with Crippen LogP contribution < -0.4 is 15.5 Å². The Balaban J connectivity index is 2.39. The second-order valence-corrected chi connectivity index (χ2v) is 2.97. The highest BCUT2D eigenvalue weighted by atomic mass is 19.4. The van der Waals surface area contributed by atoms with Gasteiger partial charge in [-0.15, -0.1) is 0 Å². The molecule has 0 fully saturated rings. The van der Waals surface area contributed by atoms with E-state index in [9.17, 15) is 12.9 Å². The number of hydrogen-bond acceptors (Lipinski definition) is 3. The van der Waals surface area contributed by atoms with Gasteiger partial charge in [-0.2, -0.15) is 0 Å². The summed E-state index contributed by atoms with van der Waals surface area (Å²) in [5, 5.41) is 2.80.